The molecule has 4 N–H and O–H groups in total. The Morgan fingerprint density at radius 2 is 1.94 bits per heavy atom. The van der Waals surface area contributed by atoms with Crippen LogP contribution >= 0.6 is 0 Å². The molecule has 1 atom stereocenters. The molecule has 0 fully saturated rings. The van der Waals surface area contributed by atoms with Crippen LogP contribution in [0.1, 0.15) is 29.3 Å². The number of carboxylic acids is 1. The Hall–Kier alpha value is -1.88. The third-order valence-corrected chi connectivity index (χ3v) is 2.44. The minimum Gasteiger partial charge on any atom is -0.478 e. The van der Waals surface area contributed by atoms with Gasteiger partial charge < -0.3 is 16.2 Å². The molecule has 0 saturated carbocycles. The molecule has 0 aliphatic rings. The van der Waals surface area contributed by atoms with Gasteiger partial charge in [-0.15, -0.1) is 0 Å². The van der Waals surface area contributed by atoms with Crippen LogP contribution in [0.2, 0.25) is 0 Å². The van der Waals surface area contributed by atoms with Crippen molar-refractivity contribution >= 4 is 11.9 Å². The monoisotopic (exact) mass is 236 g/mol. The van der Waals surface area contributed by atoms with Gasteiger partial charge in [-0.1, -0.05) is 19.1 Å². The fourth-order valence-corrected chi connectivity index (χ4v) is 1.27. The molecule has 92 valence electrons. The summed E-state index contributed by atoms with van der Waals surface area (Å²) in [4.78, 5) is 22.0. The summed E-state index contributed by atoms with van der Waals surface area (Å²) in [6.45, 7) is 2.19. The van der Waals surface area contributed by atoms with Gasteiger partial charge in [0.1, 0.15) is 0 Å². The highest BCUT2D eigenvalue weighted by Gasteiger charge is 2.10. The molecule has 0 heterocycles. The van der Waals surface area contributed by atoms with E-state index < -0.39 is 12.0 Å². The first-order valence-corrected chi connectivity index (χ1v) is 5.40. The Labute approximate surface area is 99.6 Å². The van der Waals surface area contributed by atoms with Crippen LogP contribution in [0.15, 0.2) is 24.3 Å². The highest BCUT2D eigenvalue weighted by molar-refractivity contribution is 5.87. The van der Waals surface area contributed by atoms with Crippen LogP contribution in [-0.2, 0) is 11.3 Å². The first kappa shape index (κ1) is 13.2. The van der Waals surface area contributed by atoms with E-state index in [0.29, 0.717) is 13.0 Å². The Kier molecular flexibility index (Phi) is 4.66. The zero-order valence-electron chi connectivity index (χ0n) is 9.64. The van der Waals surface area contributed by atoms with E-state index in [2.05, 4.69) is 5.32 Å². The number of carbonyl (C=O) groups excluding carboxylic acids is 1. The maximum atomic E-state index is 11.4. The van der Waals surface area contributed by atoms with Gasteiger partial charge in [0.2, 0.25) is 5.91 Å². The summed E-state index contributed by atoms with van der Waals surface area (Å²) >= 11 is 0. The fourth-order valence-electron chi connectivity index (χ4n) is 1.27. The third kappa shape index (κ3) is 3.88. The number of benzene rings is 1. The molecule has 0 bridgehead atoms. The number of nitrogens with one attached hydrogen (secondary N) is 1. The van der Waals surface area contributed by atoms with E-state index in [1.54, 1.807) is 12.1 Å². The van der Waals surface area contributed by atoms with Gasteiger partial charge in [-0.25, -0.2) is 4.79 Å². The number of hydrogen-bond donors (Lipinski definition) is 3. The maximum Gasteiger partial charge on any atom is 0.335 e. The number of hydrogen-bond acceptors (Lipinski definition) is 3. The van der Waals surface area contributed by atoms with E-state index in [1.165, 1.54) is 12.1 Å². The minimum absolute atomic E-state index is 0.199. The summed E-state index contributed by atoms with van der Waals surface area (Å²) in [6.07, 6.45) is 0.587. The first-order valence-electron chi connectivity index (χ1n) is 5.40. The van der Waals surface area contributed by atoms with Crippen molar-refractivity contribution in [1.82, 2.24) is 5.32 Å². The van der Waals surface area contributed by atoms with Crippen molar-refractivity contribution in [2.45, 2.75) is 25.9 Å². The third-order valence-electron chi connectivity index (χ3n) is 2.44. The maximum absolute atomic E-state index is 11.4. The highest BCUT2D eigenvalue weighted by Crippen LogP contribution is 2.04. The molecular weight excluding hydrogens is 220 g/mol. The van der Waals surface area contributed by atoms with Gasteiger partial charge in [0.25, 0.3) is 0 Å². The zero-order chi connectivity index (χ0) is 12.8. The lowest BCUT2D eigenvalue weighted by molar-refractivity contribution is -0.122. The van der Waals surface area contributed by atoms with Crippen LogP contribution in [0.5, 0.6) is 0 Å². The molecule has 0 radical (unpaired) electrons. The first-order chi connectivity index (χ1) is 8.04. The second-order valence-electron chi connectivity index (χ2n) is 3.73. The minimum atomic E-state index is -0.964. The molecule has 0 aromatic heterocycles. The summed E-state index contributed by atoms with van der Waals surface area (Å²) < 4.78 is 0. The SMILES string of the molecule is CC[C@@H](N)C(=O)NCc1ccc(C(=O)O)cc1. The summed E-state index contributed by atoms with van der Waals surface area (Å²) in [7, 11) is 0. The normalized spacial score (nSPS) is 11.9. The molecule has 17 heavy (non-hydrogen) atoms. The molecule has 0 aliphatic heterocycles. The number of carbonyl (C=O) groups is 2. The van der Waals surface area contributed by atoms with Gasteiger partial charge in [0.15, 0.2) is 0 Å². The Morgan fingerprint density at radius 3 is 2.41 bits per heavy atom. The standard InChI is InChI=1S/C12H16N2O3/c1-2-10(13)11(15)14-7-8-3-5-9(6-4-8)12(16)17/h3-6,10H,2,7,13H2,1H3,(H,14,15)(H,16,17)/t10-/m1/s1. The molecule has 1 aromatic rings. The van der Waals surface area contributed by atoms with E-state index in [-0.39, 0.29) is 11.5 Å². The molecule has 1 rings (SSSR count). The van der Waals surface area contributed by atoms with Crippen molar-refractivity contribution in [3.8, 4) is 0 Å². The molecule has 5 heteroatoms. The Bertz CT molecular complexity index is 401. The largest absolute Gasteiger partial charge is 0.478 e. The van der Waals surface area contributed by atoms with E-state index in [4.69, 9.17) is 10.8 Å². The predicted octanol–water partition coefficient (Wildman–Crippen LogP) is 0.738. The predicted molar refractivity (Wildman–Crippen MR) is 63.5 cm³/mol. The molecule has 0 saturated heterocycles. The van der Waals surface area contributed by atoms with E-state index in [9.17, 15) is 9.59 Å². The van der Waals surface area contributed by atoms with E-state index in [0.717, 1.165) is 5.56 Å². The molecular formula is C12H16N2O3. The fraction of sp³-hybridized carbons (Fsp3) is 0.333. The van der Waals surface area contributed by atoms with E-state index in [1.807, 2.05) is 6.92 Å². The van der Waals surface area contributed by atoms with Crippen molar-refractivity contribution in [3.05, 3.63) is 35.4 Å². The van der Waals surface area contributed by atoms with Gasteiger partial charge in [-0.05, 0) is 24.1 Å². The van der Waals surface area contributed by atoms with Crippen molar-refractivity contribution < 1.29 is 14.7 Å². The summed E-state index contributed by atoms with van der Waals surface area (Å²) in [6, 6.07) is 5.85. The lowest BCUT2D eigenvalue weighted by Crippen LogP contribution is -2.39. The lowest BCUT2D eigenvalue weighted by Gasteiger charge is -2.10. The van der Waals surface area contributed by atoms with Gasteiger partial charge in [-0.2, -0.15) is 0 Å². The molecule has 0 aliphatic carbocycles. The number of nitrogens with two attached hydrogens (primary N) is 1. The van der Waals surface area contributed by atoms with Gasteiger partial charge in [0, 0.05) is 6.54 Å². The van der Waals surface area contributed by atoms with Gasteiger partial charge >= 0.3 is 5.97 Å². The topological polar surface area (TPSA) is 92.4 Å². The highest BCUT2D eigenvalue weighted by atomic mass is 16.4. The second-order valence-corrected chi connectivity index (χ2v) is 3.73. The number of aromatic carboxylic acids is 1. The zero-order valence-corrected chi connectivity index (χ0v) is 9.64. The van der Waals surface area contributed by atoms with Crippen LogP contribution < -0.4 is 11.1 Å². The molecule has 0 spiro atoms. The summed E-state index contributed by atoms with van der Waals surface area (Å²) in [5.74, 6) is -1.16. The van der Waals surface area contributed by atoms with Crippen molar-refractivity contribution in [3.63, 3.8) is 0 Å². The van der Waals surface area contributed by atoms with Crippen LogP contribution in [-0.4, -0.2) is 23.0 Å². The Morgan fingerprint density at radius 1 is 1.35 bits per heavy atom. The smallest absolute Gasteiger partial charge is 0.335 e. The number of carboxylic acid groups (broad SMARTS) is 1. The molecule has 1 amide bonds. The van der Waals surface area contributed by atoms with Crippen molar-refractivity contribution in [2.75, 3.05) is 0 Å². The second kappa shape index (κ2) is 6.00. The van der Waals surface area contributed by atoms with Crippen LogP contribution in [0, 0.1) is 0 Å². The van der Waals surface area contributed by atoms with Crippen LogP contribution in [0.4, 0.5) is 0 Å². The van der Waals surface area contributed by atoms with Crippen molar-refractivity contribution in [1.29, 1.82) is 0 Å². The number of amides is 1. The van der Waals surface area contributed by atoms with Crippen LogP contribution in [0.25, 0.3) is 0 Å². The summed E-state index contributed by atoms with van der Waals surface area (Å²) in [5, 5.41) is 11.4. The quantitative estimate of drug-likeness (QED) is 0.703. The molecule has 0 unspecified atom stereocenters. The van der Waals surface area contributed by atoms with Crippen LogP contribution in [0.3, 0.4) is 0 Å². The Balaban J connectivity index is 2.53. The number of rotatable bonds is 5. The van der Waals surface area contributed by atoms with Gasteiger partial charge in [-0.3, -0.25) is 4.79 Å². The summed E-state index contributed by atoms with van der Waals surface area (Å²) in [5.41, 5.74) is 6.62. The average molecular weight is 236 g/mol. The average Bonchev–Trinajstić information content (AvgIpc) is 2.35. The molecule has 5 nitrogen and oxygen atoms in total. The van der Waals surface area contributed by atoms with E-state index >= 15 is 0 Å². The van der Waals surface area contributed by atoms with Gasteiger partial charge in [0.05, 0.1) is 11.6 Å². The van der Waals surface area contributed by atoms with Crippen molar-refractivity contribution in [2.24, 2.45) is 5.73 Å². The lowest BCUT2D eigenvalue weighted by atomic mass is 10.1. The molecule has 1 aromatic carbocycles.